The molecular weight excluding hydrogens is 310 g/mol. The molecule has 3 aromatic rings. The second-order valence-electron chi connectivity index (χ2n) is 5.15. The van der Waals surface area contributed by atoms with Gasteiger partial charge in [-0.15, -0.1) is 0 Å². The smallest absolute Gasteiger partial charge is 0.358 e. The van der Waals surface area contributed by atoms with E-state index >= 15 is 0 Å². The first-order valence-corrected chi connectivity index (χ1v) is 7.24. The Kier molecular flexibility index (Phi) is 4.20. The zero-order valence-electron chi connectivity index (χ0n) is 12.9. The molecule has 2 N–H and O–H groups in total. The topological polar surface area (TPSA) is 88.6 Å². The van der Waals surface area contributed by atoms with E-state index in [-0.39, 0.29) is 22.2 Å². The normalized spacial score (nSPS) is 10.5. The summed E-state index contributed by atoms with van der Waals surface area (Å²) in [5.74, 6) is -0.649. The number of carbonyl (C=O) groups is 1. The quantitative estimate of drug-likeness (QED) is 0.720. The minimum Gasteiger partial charge on any atom is -0.505 e. The average Bonchev–Trinajstić information content (AvgIpc) is 2.63. The fraction of sp³-hybridized carbons (Fsp3) is 0.111. The number of hydrogen-bond donors (Lipinski definition) is 2. The van der Waals surface area contributed by atoms with Crippen molar-refractivity contribution in [3.05, 3.63) is 70.1 Å². The molecule has 0 bridgehead atoms. The first-order valence-electron chi connectivity index (χ1n) is 7.24. The van der Waals surface area contributed by atoms with Gasteiger partial charge in [-0.3, -0.25) is 4.79 Å². The van der Waals surface area contributed by atoms with Crippen LogP contribution in [0, 0.1) is 0 Å². The summed E-state index contributed by atoms with van der Waals surface area (Å²) in [6.07, 6.45) is 0. The first-order chi connectivity index (χ1) is 11.6. The van der Waals surface area contributed by atoms with E-state index in [1.54, 1.807) is 6.07 Å². The molecule has 0 aliphatic rings. The third-order valence-corrected chi connectivity index (χ3v) is 3.60. The predicted molar refractivity (Wildman–Crippen MR) is 88.3 cm³/mol. The van der Waals surface area contributed by atoms with Gasteiger partial charge in [-0.1, -0.05) is 30.3 Å². The van der Waals surface area contributed by atoms with Gasteiger partial charge in [0.25, 0.3) is 5.56 Å². The fourth-order valence-electron chi connectivity index (χ4n) is 2.37. The van der Waals surface area contributed by atoms with E-state index in [2.05, 4.69) is 9.72 Å². The minimum atomic E-state index is -0.809. The Hall–Kier alpha value is -3.28. The summed E-state index contributed by atoms with van der Waals surface area (Å²) in [5.41, 5.74) is 0.219. The van der Waals surface area contributed by atoms with Crippen molar-refractivity contribution in [3.8, 4) is 11.5 Å². The predicted octanol–water partition coefficient (Wildman–Crippen LogP) is 2.60. The molecule has 0 aliphatic heterocycles. The Labute approximate surface area is 137 Å². The van der Waals surface area contributed by atoms with Crippen LogP contribution >= 0.6 is 0 Å². The molecule has 0 saturated carbocycles. The molecular formula is C18H15NO5. The van der Waals surface area contributed by atoms with Crippen LogP contribution in [0.1, 0.15) is 16.1 Å². The largest absolute Gasteiger partial charge is 0.505 e. The van der Waals surface area contributed by atoms with Crippen molar-refractivity contribution in [1.29, 1.82) is 0 Å². The molecule has 24 heavy (non-hydrogen) atoms. The van der Waals surface area contributed by atoms with Crippen LogP contribution in [-0.4, -0.2) is 23.2 Å². The lowest BCUT2D eigenvalue weighted by atomic mass is 10.1. The SMILES string of the molecule is COC(=O)c1[nH]c(=O)c2cc(OCc3ccccc3)ccc2c1O. The minimum absolute atomic E-state index is 0.228. The Bertz CT molecular complexity index is 947. The van der Waals surface area contributed by atoms with Crippen molar-refractivity contribution in [2.45, 2.75) is 6.61 Å². The molecule has 3 rings (SSSR count). The number of ether oxygens (including phenoxy) is 2. The Morgan fingerprint density at radius 1 is 1.12 bits per heavy atom. The summed E-state index contributed by atoms with van der Waals surface area (Å²) >= 11 is 0. The molecule has 0 spiro atoms. The van der Waals surface area contributed by atoms with E-state index in [0.717, 1.165) is 5.56 Å². The number of fused-ring (bicyclic) bond motifs is 1. The summed E-state index contributed by atoms with van der Waals surface area (Å²) < 4.78 is 10.2. The average molecular weight is 325 g/mol. The molecule has 1 aromatic heterocycles. The van der Waals surface area contributed by atoms with Crippen molar-refractivity contribution in [2.24, 2.45) is 0 Å². The van der Waals surface area contributed by atoms with Gasteiger partial charge in [0.15, 0.2) is 11.4 Å². The lowest BCUT2D eigenvalue weighted by molar-refractivity contribution is 0.0590. The number of methoxy groups -OCH3 is 1. The first kappa shape index (κ1) is 15.6. The summed E-state index contributed by atoms with van der Waals surface area (Å²) in [7, 11) is 1.17. The zero-order chi connectivity index (χ0) is 17.1. The molecule has 0 unspecified atom stereocenters. The number of rotatable bonds is 4. The number of aromatic hydroxyl groups is 1. The molecule has 0 fully saturated rings. The zero-order valence-corrected chi connectivity index (χ0v) is 12.9. The molecule has 1 heterocycles. The number of carbonyl (C=O) groups excluding carboxylic acids is 1. The summed E-state index contributed by atoms with van der Waals surface area (Å²) in [6, 6.07) is 14.3. The van der Waals surface area contributed by atoms with E-state index in [0.29, 0.717) is 12.4 Å². The van der Waals surface area contributed by atoms with Crippen molar-refractivity contribution in [2.75, 3.05) is 7.11 Å². The number of pyridine rings is 1. The van der Waals surface area contributed by atoms with E-state index < -0.39 is 11.5 Å². The van der Waals surface area contributed by atoms with Gasteiger partial charge in [-0.25, -0.2) is 4.79 Å². The molecule has 6 nitrogen and oxygen atoms in total. The van der Waals surface area contributed by atoms with Crippen LogP contribution in [-0.2, 0) is 11.3 Å². The number of hydrogen-bond acceptors (Lipinski definition) is 5. The van der Waals surface area contributed by atoms with Gasteiger partial charge < -0.3 is 19.6 Å². The van der Waals surface area contributed by atoms with Gasteiger partial charge in [-0.2, -0.15) is 0 Å². The molecule has 0 amide bonds. The van der Waals surface area contributed by atoms with Gasteiger partial charge in [0.2, 0.25) is 0 Å². The third-order valence-electron chi connectivity index (χ3n) is 3.60. The Balaban J connectivity index is 1.95. The highest BCUT2D eigenvalue weighted by molar-refractivity contribution is 5.99. The summed E-state index contributed by atoms with van der Waals surface area (Å²) in [5, 5.41) is 10.6. The molecule has 0 saturated heterocycles. The lowest BCUT2D eigenvalue weighted by Crippen LogP contribution is -2.15. The number of benzene rings is 2. The van der Waals surface area contributed by atoms with E-state index in [1.807, 2.05) is 30.3 Å². The molecule has 0 radical (unpaired) electrons. The van der Waals surface area contributed by atoms with Crippen molar-refractivity contribution < 1.29 is 19.4 Å². The summed E-state index contributed by atoms with van der Waals surface area (Å²) in [4.78, 5) is 26.1. The van der Waals surface area contributed by atoms with Crippen LogP contribution in [0.15, 0.2) is 53.3 Å². The number of esters is 1. The number of aromatic nitrogens is 1. The van der Waals surface area contributed by atoms with Crippen LogP contribution in [0.2, 0.25) is 0 Å². The van der Waals surface area contributed by atoms with Crippen LogP contribution in [0.4, 0.5) is 0 Å². The lowest BCUT2D eigenvalue weighted by Gasteiger charge is -2.09. The summed E-state index contributed by atoms with van der Waals surface area (Å²) in [6.45, 7) is 0.358. The van der Waals surface area contributed by atoms with E-state index in [9.17, 15) is 14.7 Å². The maximum Gasteiger partial charge on any atom is 0.358 e. The number of H-pyrrole nitrogens is 1. The molecule has 2 aromatic carbocycles. The van der Waals surface area contributed by atoms with Crippen molar-refractivity contribution in [3.63, 3.8) is 0 Å². The van der Waals surface area contributed by atoms with E-state index in [1.165, 1.54) is 19.2 Å². The third kappa shape index (κ3) is 2.94. The van der Waals surface area contributed by atoms with Crippen LogP contribution in [0.5, 0.6) is 11.5 Å². The highest BCUT2D eigenvalue weighted by Crippen LogP contribution is 2.28. The van der Waals surface area contributed by atoms with Crippen LogP contribution in [0.25, 0.3) is 10.8 Å². The van der Waals surface area contributed by atoms with Gasteiger partial charge in [0.05, 0.1) is 12.5 Å². The second-order valence-corrected chi connectivity index (χ2v) is 5.15. The highest BCUT2D eigenvalue weighted by atomic mass is 16.5. The van der Waals surface area contributed by atoms with Gasteiger partial charge in [0, 0.05) is 5.39 Å². The monoisotopic (exact) mass is 325 g/mol. The van der Waals surface area contributed by atoms with Crippen LogP contribution in [0.3, 0.4) is 0 Å². The highest BCUT2D eigenvalue weighted by Gasteiger charge is 2.17. The van der Waals surface area contributed by atoms with Gasteiger partial charge in [0.1, 0.15) is 12.4 Å². The Morgan fingerprint density at radius 3 is 2.58 bits per heavy atom. The van der Waals surface area contributed by atoms with Crippen molar-refractivity contribution in [1.82, 2.24) is 4.98 Å². The molecule has 6 heteroatoms. The Morgan fingerprint density at radius 2 is 1.88 bits per heavy atom. The van der Waals surface area contributed by atoms with E-state index in [4.69, 9.17) is 4.74 Å². The van der Waals surface area contributed by atoms with Crippen molar-refractivity contribution >= 4 is 16.7 Å². The number of nitrogens with one attached hydrogen (secondary N) is 1. The molecule has 122 valence electrons. The second kappa shape index (κ2) is 6.45. The standard InChI is InChI=1S/C18H15NO5/c1-23-18(22)15-16(20)13-8-7-12(9-14(13)17(21)19-15)24-10-11-5-3-2-4-6-11/h2-9,20H,10H2,1H3,(H,19,21). The fourth-order valence-corrected chi connectivity index (χ4v) is 2.37. The van der Waals surface area contributed by atoms with Gasteiger partial charge in [-0.05, 0) is 23.8 Å². The maximum atomic E-state index is 12.2. The molecule has 0 atom stereocenters. The van der Waals surface area contributed by atoms with Gasteiger partial charge >= 0.3 is 5.97 Å². The van der Waals surface area contributed by atoms with Crippen LogP contribution < -0.4 is 10.3 Å². The number of aromatic amines is 1. The molecule has 0 aliphatic carbocycles. The maximum absolute atomic E-state index is 12.2.